The lowest BCUT2D eigenvalue weighted by molar-refractivity contribution is -0.138. The van der Waals surface area contributed by atoms with Crippen LogP contribution in [0.5, 0.6) is 0 Å². The molecule has 1 aromatic rings. The van der Waals surface area contributed by atoms with Crippen LogP contribution in [0.15, 0.2) is 30.3 Å². The lowest BCUT2D eigenvalue weighted by Crippen LogP contribution is -2.49. The zero-order chi connectivity index (χ0) is 18.2. The number of benzene rings is 1. The van der Waals surface area contributed by atoms with E-state index in [1.165, 1.54) is 0 Å². The zero-order valence-electron chi connectivity index (χ0n) is 13.8. The number of ether oxygens (including phenoxy) is 1. The van der Waals surface area contributed by atoms with E-state index in [2.05, 4.69) is 10.6 Å². The summed E-state index contributed by atoms with van der Waals surface area (Å²) < 4.78 is 4.83. The average molecular weight is 349 g/mol. The van der Waals surface area contributed by atoms with Gasteiger partial charge in [0.05, 0.1) is 0 Å². The normalized spacial score (nSPS) is 19.7. The number of hydrogen-bond acceptors (Lipinski definition) is 5. The van der Waals surface area contributed by atoms with Crippen molar-refractivity contribution >= 4 is 17.8 Å². The molecule has 1 aliphatic heterocycles. The highest BCUT2D eigenvalue weighted by atomic mass is 16.6. The third kappa shape index (κ3) is 5.84. The van der Waals surface area contributed by atoms with Crippen LogP contribution >= 0.6 is 0 Å². The van der Waals surface area contributed by atoms with Crippen molar-refractivity contribution in [3.8, 4) is 0 Å². The first-order valence-corrected chi connectivity index (χ1v) is 8.23. The SMILES string of the molecule is NCCCCNC(=O)[C@@H](Cc1ccccc1)NC(=O)[C@@H]1O[C@@H]1C(=O)O. The van der Waals surface area contributed by atoms with Crippen molar-refractivity contribution in [2.24, 2.45) is 5.73 Å². The Morgan fingerprint density at radius 3 is 2.48 bits per heavy atom. The molecular formula is C17H23N3O5. The molecule has 0 radical (unpaired) electrons. The molecule has 0 aliphatic carbocycles. The minimum Gasteiger partial charge on any atom is -0.479 e. The number of unbranched alkanes of at least 4 members (excludes halogenated alkanes) is 1. The molecule has 3 atom stereocenters. The number of carboxylic acids is 1. The van der Waals surface area contributed by atoms with Gasteiger partial charge in [0.1, 0.15) is 6.04 Å². The van der Waals surface area contributed by atoms with E-state index in [1.54, 1.807) is 0 Å². The molecule has 8 heteroatoms. The minimum atomic E-state index is -1.19. The number of aliphatic carboxylic acids is 1. The van der Waals surface area contributed by atoms with Gasteiger partial charge in [0.2, 0.25) is 5.91 Å². The summed E-state index contributed by atoms with van der Waals surface area (Å²) in [6.45, 7) is 1.02. The molecule has 0 unspecified atom stereocenters. The minimum absolute atomic E-state index is 0.305. The summed E-state index contributed by atoms with van der Waals surface area (Å²) in [6, 6.07) is 8.46. The van der Waals surface area contributed by atoms with Gasteiger partial charge < -0.3 is 26.2 Å². The number of hydrogen-bond donors (Lipinski definition) is 4. The number of carbonyl (C=O) groups is 3. The maximum absolute atomic E-state index is 12.4. The van der Waals surface area contributed by atoms with Gasteiger partial charge in [-0.25, -0.2) is 4.79 Å². The van der Waals surface area contributed by atoms with Gasteiger partial charge in [0, 0.05) is 13.0 Å². The van der Waals surface area contributed by atoms with Crippen LogP contribution in [-0.2, 0) is 25.5 Å². The number of nitrogens with two attached hydrogens (primary N) is 1. The van der Waals surface area contributed by atoms with E-state index in [-0.39, 0.29) is 5.91 Å². The van der Waals surface area contributed by atoms with Gasteiger partial charge in [0.25, 0.3) is 5.91 Å². The standard InChI is InChI=1S/C17H23N3O5/c18-8-4-5-9-19-15(21)12(10-11-6-2-1-3-7-11)20-16(22)13-14(25-13)17(23)24/h1-3,6-7,12-14H,4-5,8-10,18H2,(H,19,21)(H,20,22)(H,23,24)/t12-,13-,14+/m1/s1. The summed E-state index contributed by atoms with van der Waals surface area (Å²) in [5.74, 6) is -2.10. The molecule has 8 nitrogen and oxygen atoms in total. The molecule has 1 fully saturated rings. The van der Waals surface area contributed by atoms with E-state index in [0.717, 1.165) is 18.4 Å². The van der Waals surface area contributed by atoms with Gasteiger partial charge in [-0.3, -0.25) is 9.59 Å². The van der Waals surface area contributed by atoms with Crippen molar-refractivity contribution in [1.29, 1.82) is 0 Å². The second-order valence-corrected chi connectivity index (χ2v) is 5.85. The summed E-state index contributed by atoms with van der Waals surface area (Å²) in [5, 5.41) is 14.2. The van der Waals surface area contributed by atoms with E-state index in [1.807, 2.05) is 30.3 Å². The van der Waals surface area contributed by atoms with Crippen molar-refractivity contribution in [3.05, 3.63) is 35.9 Å². The van der Waals surface area contributed by atoms with E-state index < -0.39 is 30.1 Å². The highest BCUT2D eigenvalue weighted by Crippen LogP contribution is 2.22. The Labute approximate surface area is 145 Å². The summed E-state index contributed by atoms with van der Waals surface area (Å²) in [5.41, 5.74) is 6.30. The lowest BCUT2D eigenvalue weighted by Gasteiger charge is -2.18. The lowest BCUT2D eigenvalue weighted by atomic mass is 10.0. The molecule has 1 aliphatic rings. The summed E-state index contributed by atoms with van der Waals surface area (Å²) >= 11 is 0. The van der Waals surface area contributed by atoms with Crippen molar-refractivity contribution in [3.63, 3.8) is 0 Å². The number of nitrogens with one attached hydrogen (secondary N) is 2. The summed E-state index contributed by atoms with van der Waals surface area (Å²) in [4.78, 5) is 35.3. The Morgan fingerprint density at radius 1 is 1.16 bits per heavy atom. The number of amides is 2. The Bertz CT molecular complexity index is 608. The highest BCUT2D eigenvalue weighted by Gasteiger charge is 2.51. The largest absolute Gasteiger partial charge is 0.479 e. The molecule has 25 heavy (non-hydrogen) atoms. The molecule has 1 aromatic carbocycles. The fourth-order valence-electron chi connectivity index (χ4n) is 2.42. The third-order valence-corrected chi connectivity index (χ3v) is 3.84. The molecule has 1 heterocycles. The van der Waals surface area contributed by atoms with Crippen molar-refractivity contribution in [2.45, 2.75) is 37.5 Å². The molecule has 0 spiro atoms. The second kappa shape index (κ2) is 9.14. The van der Waals surface area contributed by atoms with Crippen molar-refractivity contribution < 1.29 is 24.2 Å². The van der Waals surface area contributed by atoms with E-state index in [4.69, 9.17) is 15.6 Å². The van der Waals surface area contributed by atoms with Crippen LogP contribution in [0.1, 0.15) is 18.4 Å². The van der Waals surface area contributed by atoms with Gasteiger partial charge in [0.15, 0.2) is 12.2 Å². The second-order valence-electron chi connectivity index (χ2n) is 5.85. The van der Waals surface area contributed by atoms with Crippen LogP contribution in [0.3, 0.4) is 0 Å². The fourth-order valence-corrected chi connectivity index (χ4v) is 2.42. The van der Waals surface area contributed by atoms with Crippen molar-refractivity contribution in [1.82, 2.24) is 10.6 Å². The molecular weight excluding hydrogens is 326 g/mol. The van der Waals surface area contributed by atoms with Gasteiger partial charge >= 0.3 is 5.97 Å². The van der Waals surface area contributed by atoms with Crippen LogP contribution in [0.2, 0.25) is 0 Å². The molecule has 5 N–H and O–H groups in total. The predicted octanol–water partition coefficient (Wildman–Crippen LogP) is -0.579. The van der Waals surface area contributed by atoms with Crippen LogP contribution in [0, 0.1) is 0 Å². The quantitative estimate of drug-likeness (QED) is 0.330. The molecule has 0 aromatic heterocycles. The number of epoxide rings is 1. The first-order valence-electron chi connectivity index (χ1n) is 8.23. The van der Waals surface area contributed by atoms with E-state index in [9.17, 15) is 14.4 Å². The van der Waals surface area contributed by atoms with Crippen LogP contribution < -0.4 is 16.4 Å². The molecule has 136 valence electrons. The molecule has 2 amide bonds. The van der Waals surface area contributed by atoms with Gasteiger partial charge in [-0.05, 0) is 24.9 Å². The molecule has 1 saturated heterocycles. The number of carboxylic acid groups (broad SMARTS) is 1. The summed E-state index contributed by atoms with van der Waals surface area (Å²) in [6.07, 6.45) is -0.321. The van der Waals surface area contributed by atoms with Crippen molar-refractivity contribution in [2.75, 3.05) is 13.1 Å². The maximum atomic E-state index is 12.4. The topological polar surface area (TPSA) is 134 Å². The van der Waals surface area contributed by atoms with Gasteiger partial charge in [-0.15, -0.1) is 0 Å². The molecule has 0 bridgehead atoms. The van der Waals surface area contributed by atoms with Crippen LogP contribution in [-0.4, -0.2) is 54.2 Å². The summed E-state index contributed by atoms with van der Waals surface area (Å²) in [7, 11) is 0. The monoisotopic (exact) mass is 349 g/mol. The first kappa shape index (κ1) is 18.9. The predicted molar refractivity (Wildman–Crippen MR) is 89.7 cm³/mol. The third-order valence-electron chi connectivity index (χ3n) is 3.84. The van der Waals surface area contributed by atoms with Crippen LogP contribution in [0.25, 0.3) is 0 Å². The smallest absolute Gasteiger partial charge is 0.336 e. The maximum Gasteiger partial charge on any atom is 0.336 e. The van der Waals surface area contributed by atoms with Gasteiger partial charge in [-0.1, -0.05) is 30.3 Å². The van der Waals surface area contributed by atoms with Crippen LogP contribution in [0.4, 0.5) is 0 Å². The zero-order valence-corrected chi connectivity index (χ0v) is 13.8. The van der Waals surface area contributed by atoms with E-state index in [0.29, 0.717) is 19.5 Å². The Balaban J connectivity index is 1.95. The molecule has 0 saturated carbocycles. The molecule has 2 rings (SSSR count). The van der Waals surface area contributed by atoms with E-state index >= 15 is 0 Å². The first-order chi connectivity index (χ1) is 12.0. The Morgan fingerprint density at radius 2 is 1.88 bits per heavy atom. The Hall–Kier alpha value is -2.45. The average Bonchev–Trinajstić information content (AvgIpc) is 3.40. The number of carbonyl (C=O) groups excluding carboxylic acids is 2. The fraction of sp³-hybridized carbons (Fsp3) is 0.471. The Kier molecular flexibility index (Phi) is 6.91. The number of rotatable bonds is 10. The highest BCUT2D eigenvalue weighted by molar-refractivity contribution is 5.95. The van der Waals surface area contributed by atoms with Gasteiger partial charge in [-0.2, -0.15) is 0 Å².